The summed E-state index contributed by atoms with van der Waals surface area (Å²) in [7, 11) is 0. The Morgan fingerprint density at radius 1 is 1.35 bits per heavy atom. The van der Waals surface area contributed by atoms with E-state index in [1.54, 1.807) is 0 Å². The molecule has 0 aliphatic heterocycles. The molecule has 1 atom stereocenters. The van der Waals surface area contributed by atoms with Crippen LogP contribution in [0.5, 0.6) is 0 Å². The minimum absolute atomic E-state index is 0.0226. The molecule has 8 heteroatoms. The molecule has 0 radical (unpaired) electrons. The predicted molar refractivity (Wildman–Crippen MR) is 94.1 cm³/mol. The van der Waals surface area contributed by atoms with E-state index in [2.05, 4.69) is 36.3 Å². The molecule has 0 bridgehead atoms. The van der Waals surface area contributed by atoms with Gasteiger partial charge in [0, 0.05) is 5.71 Å². The Morgan fingerprint density at radius 3 is 2.61 bits per heavy atom. The average molecular weight is 379 g/mol. The van der Waals surface area contributed by atoms with Crippen molar-refractivity contribution in [2.24, 2.45) is 16.4 Å². The minimum atomic E-state index is -0.510. The van der Waals surface area contributed by atoms with E-state index >= 15 is 0 Å². The third-order valence-electron chi connectivity index (χ3n) is 3.83. The molecule has 1 aromatic heterocycles. The summed E-state index contributed by atoms with van der Waals surface area (Å²) in [5.41, 5.74) is 9.48. The number of nitrogens with two attached hydrogens (primary N) is 1. The van der Waals surface area contributed by atoms with Crippen LogP contribution in [0, 0.1) is 11.3 Å². The predicted octanol–water partition coefficient (Wildman–Crippen LogP) is 3.98. The highest BCUT2D eigenvalue weighted by atomic mass is 35.5. The molecule has 0 spiro atoms. The Labute approximate surface area is 150 Å². The number of rotatable bonds is 2. The third-order valence-corrected chi connectivity index (χ3v) is 5.00. The number of anilines is 1. The van der Waals surface area contributed by atoms with Crippen molar-refractivity contribution in [3.05, 3.63) is 20.9 Å². The average Bonchev–Trinajstić information content (AvgIpc) is 2.44. The first-order chi connectivity index (χ1) is 10.6. The summed E-state index contributed by atoms with van der Waals surface area (Å²) in [5, 5.41) is 4.41. The number of H-pyrrole nitrogens is 1. The Kier molecular flexibility index (Phi) is 5.44. The number of nitrogens with zero attached hydrogens (tertiary/aromatic N) is 1. The van der Waals surface area contributed by atoms with Crippen molar-refractivity contribution in [3.63, 3.8) is 0 Å². The molecular formula is C15H20Cl3N4O+. The Morgan fingerprint density at radius 2 is 2.00 bits per heavy atom. The van der Waals surface area contributed by atoms with Crippen LogP contribution in [0.1, 0.15) is 50.5 Å². The van der Waals surface area contributed by atoms with Crippen LogP contribution in [-0.4, -0.2) is 11.6 Å². The molecular weight excluding hydrogens is 359 g/mol. The van der Waals surface area contributed by atoms with Crippen molar-refractivity contribution in [2.45, 2.75) is 40.0 Å². The number of hydrazone groups is 1. The summed E-state index contributed by atoms with van der Waals surface area (Å²) in [4.78, 5) is 14.9. The minimum Gasteiger partial charge on any atom is -0.396 e. The number of nitrogen functional groups attached to an aromatic ring is 1. The van der Waals surface area contributed by atoms with Gasteiger partial charge in [-0.15, -0.1) is 0 Å². The summed E-state index contributed by atoms with van der Waals surface area (Å²) < 4.78 is 0. The van der Waals surface area contributed by atoms with Gasteiger partial charge in [0.2, 0.25) is 0 Å². The second kappa shape index (κ2) is 6.83. The van der Waals surface area contributed by atoms with E-state index in [-0.39, 0.29) is 32.0 Å². The van der Waals surface area contributed by atoms with Gasteiger partial charge in [0.15, 0.2) is 0 Å². The lowest BCUT2D eigenvalue weighted by atomic mass is 9.72. The Hall–Kier alpha value is -1.04. The molecule has 1 fully saturated rings. The zero-order valence-electron chi connectivity index (χ0n) is 13.3. The molecule has 23 heavy (non-hydrogen) atoms. The summed E-state index contributed by atoms with van der Waals surface area (Å²) in [6.45, 7) is 6.58. The summed E-state index contributed by atoms with van der Waals surface area (Å²) in [6, 6.07) is 0. The van der Waals surface area contributed by atoms with Crippen molar-refractivity contribution in [3.8, 4) is 0 Å². The van der Waals surface area contributed by atoms with Crippen molar-refractivity contribution in [1.82, 2.24) is 5.43 Å². The number of aromatic nitrogens is 1. The zero-order chi connectivity index (χ0) is 17.4. The van der Waals surface area contributed by atoms with Gasteiger partial charge in [-0.2, -0.15) is 10.1 Å². The molecule has 1 heterocycles. The van der Waals surface area contributed by atoms with Crippen molar-refractivity contribution < 1.29 is 9.78 Å². The maximum absolute atomic E-state index is 12.3. The molecule has 1 saturated carbocycles. The number of carbonyl (C=O) groups excluding carboxylic acids is 1. The second-order valence-electron chi connectivity index (χ2n) is 6.83. The molecule has 1 amide bonds. The lowest BCUT2D eigenvalue weighted by Crippen LogP contribution is -2.32. The zero-order valence-corrected chi connectivity index (χ0v) is 15.5. The van der Waals surface area contributed by atoms with Gasteiger partial charge in [-0.1, -0.05) is 44.0 Å². The fourth-order valence-corrected chi connectivity index (χ4v) is 3.72. The van der Waals surface area contributed by atoms with Gasteiger partial charge in [-0.3, -0.25) is 4.79 Å². The van der Waals surface area contributed by atoms with E-state index in [9.17, 15) is 4.79 Å². The van der Waals surface area contributed by atoms with Crippen LogP contribution in [-0.2, 0) is 0 Å². The standard InChI is InChI=1S/C15H19Cl3N4O/c1-7-4-8(6-15(2,3)5-7)21-22-14(23)12-9(16)11(19)10(17)13(18)20-12/h7H,4-6H2,1-3H3,(H2,19,20)(H,22,23)/p+1/b21-8-/t7-/m0/s1. The fourth-order valence-electron chi connectivity index (χ4n) is 3.11. The highest BCUT2D eigenvalue weighted by Gasteiger charge is 2.30. The number of halogens is 3. The van der Waals surface area contributed by atoms with Crippen LogP contribution in [0.4, 0.5) is 5.69 Å². The van der Waals surface area contributed by atoms with E-state index in [4.69, 9.17) is 40.5 Å². The lowest BCUT2D eigenvalue weighted by molar-refractivity contribution is -0.379. The third kappa shape index (κ3) is 4.28. The molecule has 4 N–H and O–H groups in total. The molecule has 1 aliphatic carbocycles. The van der Waals surface area contributed by atoms with Gasteiger partial charge < -0.3 is 5.73 Å². The van der Waals surface area contributed by atoms with Gasteiger partial charge in [0.1, 0.15) is 10.0 Å². The monoisotopic (exact) mass is 377 g/mol. The molecule has 0 aromatic carbocycles. The fraction of sp³-hybridized carbons (Fsp3) is 0.533. The molecule has 0 saturated heterocycles. The van der Waals surface area contributed by atoms with Crippen LogP contribution in [0.25, 0.3) is 0 Å². The van der Waals surface area contributed by atoms with Gasteiger partial charge in [0.05, 0.1) is 5.69 Å². The van der Waals surface area contributed by atoms with E-state index in [1.807, 2.05) is 0 Å². The van der Waals surface area contributed by atoms with E-state index in [0.29, 0.717) is 5.92 Å². The van der Waals surface area contributed by atoms with Crippen LogP contribution in [0.3, 0.4) is 0 Å². The Bertz CT molecular complexity index is 673. The summed E-state index contributed by atoms with van der Waals surface area (Å²) in [6.07, 6.45) is 2.85. The van der Waals surface area contributed by atoms with Crippen LogP contribution < -0.4 is 16.1 Å². The van der Waals surface area contributed by atoms with E-state index in [1.165, 1.54) is 0 Å². The topological polar surface area (TPSA) is 81.6 Å². The normalized spacial score (nSPS) is 22.2. The molecule has 0 unspecified atom stereocenters. The van der Waals surface area contributed by atoms with Gasteiger partial charge in [-0.25, -0.2) is 5.43 Å². The largest absolute Gasteiger partial charge is 0.396 e. The molecule has 2 rings (SSSR count). The SMILES string of the molecule is C[C@H]1C/C(=N/NC(=O)c2[nH+]c(Cl)c(Cl)c(N)c2Cl)CC(C)(C)C1. The molecule has 1 aliphatic rings. The molecule has 126 valence electrons. The number of amides is 1. The number of hydrogen-bond donors (Lipinski definition) is 2. The number of nitrogens with one attached hydrogen (secondary N) is 2. The first kappa shape index (κ1) is 18.3. The maximum atomic E-state index is 12.3. The van der Waals surface area contributed by atoms with E-state index in [0.717, 1.165) is 25.0 Å². The number of aromatic amines is 1. The number of carbonyl (C=O) groups is 1. The second-order valence-corrected chi connectivity index (χ2v) is 7.96. The van der Waals surface area contributed by atoms with Crippen LogP contribution in [0.2, 0.25) is 15.2 Å². The quantitative estimate of drug-likeness (QED) is 0.603. The highest BCUT2D eigenvalue weighted by molar-refractivity contribution is 6.45. The van der Waals surface area contributed by atoms with Crippen molar-refractivity contribution in [1.29, 1.82) is 0 Å². The highest BCUT2D eigenvalue weighted by Crippen LogP contribution is 2.37. The van der Waals surface area contributed by atoms with Crippen LogP contribution >= 0.6 is 34.8 Å². The smallest absolute Gasteiger partial charge is 0.337 e. The van der Waals surface area contributed by atoms with Crippen molar-refractivity contribution in [2.75, 3.05) is 5.73 Å². The molecule has 1 aromatic rings. The van der Waals surface area contributed by atoms with E-state index < -0.39 is 5.91 Å². The molecule has 5 nitrogen and oxygen atoms in total. The number of pyridine rings is 1. The van der Waals surface area contributed by atoms with Gasteiger partial charge in [0.25, 0.3) is 10.8 Å². The maximum Gasteiger partial charge on any atom is 0.337 e. The lowest BCUT2D eigenvalue weighted by Gasteiger charge is -2.34. The first-order valence-electron chi connectivity index (χ1n) is 7.32. The number of hydrogen-bond acceptors (Lipinski definition) is 3. The van der Waals surface area contributed by atoms with Gasteiger partial charge in [-0.05, 0) is 42.2 Å². The van der Waals surface area contributed by atoms with Crippen molar-refractivity contribution >= 4 is 52.1 Å². The summed E-state index contributed by atoms with van der Waals surface area (Å²) >= 11 is 17.8. The van der Waals surface area contributed by atoms with Gasteiger partial charge >= 0.3 is 5.91 Å². The Balaban J connectivity index is 2.19. The first-order valence-corrected chi connectivity index (χ1v) is 8.45. The summed E-state index contributed by atoms with van der Waals surface area (Å²) in [5.74, 6) is 0.0222. The van der Waals surface area contributed by atoms with Crippen LogP contribution in [0.15, 0.2) is 5.10 Å².